The average molecular weight is 432 g/mol. The van der Waals surface area contributed by atoms with Crippen molar-refractivity contribution >= 4 is 23.0 Å². The van der Waals surface area contributed by atoms with E-state index in [1.165, 1.54) is 6.42 Å². The van der Waals surface area contributed by atoms with Gasteiger partial charge in [0.1, 0.15) is 5.82 Å². The maximum Gasteiger partial charge on any atom is 0.228 e. The zero-order chi connectivity index (χ0) is 21.4. The van der Waals surface area contributed by atoms with Gasteiger partial charge >= 0.3 is 0 Å². The number of hydrogen-bond donors (Lipinski definition) is 3. The Morgan fingerprint density at radius 1 is 1.03 bits per heavy atom. The summed E-state index contributed by atoms with van der Waals surface area (Å²) in [7, 11) is 0. The van der Waals surface area contributed by atoms with Crippen LogP contribution in [-0.4, -0.2) is 47.7 Å². The lowest BCUT2D eigenvalue weighted by molar-refractivity contribution is -0.0476. The number of hydrogen-bond acceptors (Lipinski definition) is 8. The van der Waals surface area contributed by atoms with E-state index in [4.69, 9.17) is 9.72 Å². The Balaban J connectivity index is 1.29. The van der Waals surface area contributed by atoms with Gasteiger partial charge in [-0.15, -0.1) is 0 Å². The van der Waals surface area contributed by atoms with Gasteiger partial charge in [0, 0.05) is 50.1 Å². The molecule has 2 aromatic heterocycles. The Labute approximate surface area is 188 Å². The van der Waals surface area contributed by atoms with Crippen LogP contribution in [0.15, 0.2) is 42.6 Å². The van der Waals surface area contributed by atoms with Gasteiger partial charge in [0.05, 0.1) is 17.6 Å². The van der Waals surface area contributed by atoms with Gasteiger partial charge in [-0.2, -0.15) is 0 Å². The predicted octanol–water partition coefficient (Wildman–Crippen LogP) is 3.04. The molecular formula is C24H29N7O. The third kappa shape index (κ3) is 3.48. The van der Waals surface area contributed by atoms with Crippen molar-refractivity contribution in [2.45, 2.75) is 37.7 Å². The number of pyridine rings is 1. The third-order valence-electron chi connectivity index (χ3n) is 6.85. The molecule has 32 heavy (non-hydrogen) atoms. The number of nitrogens with one attached hydrogen (secondary N) is 3. The first-order chi connectivity index (χ1) is 15.8. The molecule has 0 atom stereocenters. The summed E-state index contributed by atoms with van der Waals surface area (Å²) < 4.78 is 6.61. The zero-order valence-electron chi connectivity index (χ0n) is 18.2. The van der Waals surface area contributed by atoms with Crippen molar-refractivity contribution in [3.8, 4) is 0 Å². The highest BCUT2D eigenvalue weighted by Gasteiger charge is 2.44. The fourth-order valence-electron chi connectivity index (χ4n) is 5.18. The second-order valence-corrected chi connectivity index (χ2v) is 8.90. The number of piperazine rings is 1. The van der Waals surface area contributed by atoms with Crippen LogP contribution < -0.4 is 20.9 Å². The minimum atomic E-state index is -0.371. The number of nitrogens with zero attached hydrogens (tertiary/aromatic N) is 4. The first-order valence-corrected chi connectivity index (χ1v) is 11.7. The van der Waals surface area contributed by atoms with Gasteiger partial charge < -0.3 is 25.6 Å². The van der Waals surface area contributed by atoms with Crippen LogP contribution >= 0.6 is 0 Å². The smallest absolute Gasteiger partial charge is 0.228 e. The minimum Gasteiger partial charge on any atom is -0.466 e. The van der Waals surface area contributed by atoms with Gasteiger partial charge in [0.25, 0.3) is 0 Å². The lowest BCUT2D eigenvalue weighted by atomic mass is 9.78. The van der Waals surface area contributed by atoms with E-state index >= 15 is 0 Å². The quantitative estimate of drug-likeness (QED) is 0.684. The summed E-state index contributed by atoms with van der Waals surface area (Å²) in [5.41, 5.74) is 3.90. The molecule has 4 aliphatic rings. The molecule has 0 radical (unpaired) electrons. The van der Waals surface area contributed by atoms with Gasteiger partial charge in [0.15, 0.2) is 11.5 Å². The molecule has 6 rings (SSSR count). The van der Waals surface area contributed by atoms with Gasteiger partial charge in [-0.1, -0.05) is 18.6 Å². The first-order valence-electron chi connectivity index (χ1n) is 11.7. The lowest BCUT2D eigenvalue weighted by Crippen LogP contribution is -2.43. The normalized spacial score (nSPS) is 21.4. The maximum absolute atomic E-state index is 6.61. The van der Waals surface area contributed by atoms with Crippen molar-refractivity contribution in [2.24, 2.45) is 0 Å². The Morgan fingerprint density at radius 2 is 1.91 bits per heavy atom. The zero-order valence-corrected chi connectivity index (χ0v) is 18.2. The number of rotatable bonds is 3. The molecule has 5 heterocycles. The highest BCUT2D eigenvalue weighted by atomic mass is 16.5. The summed E-state index contributed by atoms with van der Waals surface area (Å²) >= 11 is 0. The van der Waals surface area contributed by atoms with Gasteiger partial charge in [-0.25, -0.2) is 15.0 Å². The monoisotopic (exact) mass is 431 g/mol. The van der Waals surface area contributed by atoms with Crippen molar-refractivity contribution in [1.29, 1.82) is 0 Å². The Bertz CT molecular complexity index is 1050. The minimum absolute atomic E-state index is 0.371. The summed E-state index contributed by atoms with van der Waals surface area (Å²) in [5.74, 6) is 2.19. The number of aromatic nitrogens is 3. The van der Waals surface area contributed by atoms with E-state index in [2.05, 4.69) is 49.0 Å². The standard InChI is InChI=1S/C24H29N7O/c1-2-8-24(9-3-1)21-19(18-5-4-10-26-22(18)32-24)16-28-23(30-21)29-20-7-6-17(15-27-20)31-13-11-25-12-14-31/h4-7,15-16,25-26H,1-3,8-14H2,(H,27,28,29,30). The highest BCUT2D eigenvalue weighted by molar-refractivity contribution is 5.79. The molecule has 1 saturated heterocycles. The topological polar surface area (TPSA) is 87.2 Å². The molecule has 0 aromatic carbocycles. The number of ether oxygens (including phenoxy) is 1. The van der Waals surface area contributed by atoms with Crippen LogP contribution in [0.25, 0.3) is 5.57 Å². The van der Waals surface area contributed by atoms with Crippen molar-refractivity contribution in [2.75, 3.05) is 42.9 Å². The van der Waals surface area contributed by atoms with E-state index in [-0.39, 0.29) is 5.60 Å². The molecule has 0 bridgehead atoms. The molecule has 1 saturated carbocycles. The second kappa shape index (κ2) is 8.09. The van der Waals surface area contributed by atoms with Crippen LogP contribution in [-0.2, 0) is 10.3 Å². The SMILES string of the molecule is C1=CC2=C(NC1)OC1(CCCCC1)c1nc(Nc3ccc(N4CCNCC4)cn3)ncc12. The van der Waals surface area contributed by atoms with Crippen LogP contribution in [0.3, 0.4) is 0 Å². The van der Waals surface area contributed by atoms with Crippen molar-refractivity contribution in [3.63, 3.8) is 0 Å². The van der Waals surface area contributed by atoms with Crippen LogP contribution in [0.2, 0.25) is 0 Å². The van der Waals surface area contributed by atoms with E-state index in [9.17, 15) is 0 Å². The maximum atomic E-state index is 6.61. The van der Waals surface area contributed by atoms with Crippen LogP contribution in [0.4, 0.5) is 17.5 Å². The van der Waals surface area contributed by atoms with E-state index in [0.717, 1.165) is 92.6 Å². The molecule has 1 spiro atoms. The molecule has 0 amide bonds. The summed E-state index contributed by atoms with van der Waals surface area (Å²) in [5, 5.41) is 10.1. The number of dihydropyridines is 1. The highest BCUT2D eigenvalue weighted by Crippen LogP contribution is 2.48. The predicted molar refractivity (Wildman–Crippen MR) is 125 cm³/mol. The molecule has 0 unspecified atom stereocenters. The number of anilines is 3. The van der Waals surface area contributed by atoms with Crippen LogP contribution in [0, 0.1) is 0 Å². The van der Waals surface area contributed by atoms with E-state index in [1.54, 1.807) is 0 Å². The Hall–Kier alpha value is -3.13. The fraction of sp³-hybridized carbons (Fsp3) is 0.458. The summed E-state index contributed by atoms with van der Waals surface area (Å²) in [4.78, 5) is 16.6. The Kier molecular flexibility index (Phi) is 4.94. The average Bonchev–Trinajstić information content (AvgIpc) is 2.86. The van der Waals surface area contributed by atoms with E-state index in [1.807, 2.05) is 18.5 Å². The molecule has 1 aliphatic carbocycles. The van der Waals surface area contributed by atoms with Crippen molar-refractivity contribution in [1.82, 2.24) is 25.6 Å². The van der Waals surface area contributed by atoms with Gasteiger partial charge in [0.2, 0.25) is 5.95 Å². The molecular weight excluding hydrogens is 402 g/mol. The Morgan fingerprint density at radius 3 is 2.72 bits per heavy atom. The van der Waals surface area contributed by atoms with Crippen LogP contribution in [0.5, 0.6) is 0 Å². The molecule has 3 N–H and O–H groups in total. The van der Waals surface area contributed by atoms with Crippen LogP contribution in [0.1, 0.15) is 43.4 Å². The first kappa shape index (κ1) is 19.5. The molecule has 166 valence electrons. The molecule has 2 fully saturated rings. The molecule has 8 nitrogen and oxygen atoms in total. The van der Waals surface area contributed by atoms with Crippen molar-refractivity contribution < 1.29 is 4.74 Å². The third-order valence-corrected chi connectivity index (χ3v) is 6.85. The summed E-state index contributed by atoms with van der Waals surface area (Å²) in [6.45, 7) is 4.82. The molecule has 2 aromatic rings. The van der Waals surface area contributed by atoms with Gasteiger partial charge in [-0.3, -0.25) is 0 Å². The summed E-state index contributed by atoms with van der Waals surface area (Å²) in [6.07, 6.45) is 13.6. The summed E-state index contributed by atoms with van der Waals surface area (Å²) in [6, 6.07) is 4.11. The molecule has 3 aliphatic heterocycles. The van der Waals surface area contributed by atoms with E-state index < -0.39 is 0 Å². The fourth-order valence-corrected chi connectivity index (χ4v) is 5.18. The largest absolute Gasteiger partial charge is 0.466 e. The van der Waals surface area contributed by atoms with E-state index in [0.29, 0.717) is 5.95 Å². The molecule has 8 heteroatoms. The van der Waals surface area contributed by atoms with Gasteiger partial charge in [-0.05, 0) is 37.8 Å². The lowest BCUT2D eigenvalue weighted by Gasteiger charge is -2.42. The van der Waals surface area contributed by atoms with Crippen molar-refractivity contribution in [3.05, 3.63) is 53.8 Å². The second-order valence-electron chi connectivity index (χ2n) is 8.90. The number of allylic oxidation sites excluding steroid dienone is 2. The number of fused-ring (bicyclic) bond motifs is 3.